The van der Waals surface area contributed by atoms with E-state index in [0.29, 0.717) is 40.8 Å². The van der Waals surface area contributed by atoms with E-state index in [1.54, 1.807) is 25.1 Å². The van der Waals surface area contributed by atoms with Crippen LogP contribution in [0.3, 0.4) is 0 Å². The Labute approximate surface area is 148 Å². The van der Waals surface area contributed by atoms with Crippen molar-refractivity contribution >= 4 is 35.1 Å². The number of aliphatic carboxylic acids is 1. The molecule has 8 heteroatoms. The Bertz CT molecular complexity index is 818. The van der Waals surface area contributed by atoms with E-state index in [2.05, 4.69) is 4.98 Å². The molecule has 1 fully saturated rings. The number of likely N-dealkylation sites (tertiary alicyclic amines) is 1. The monoisotopic (exact) mass is 368 g/mol. The van der Waals surface area contributed by atoms with Crippen molar-refractivity contribution in [1.29, 1.82) is 0 Å². The maximum atomic E-state index is 12.6. The summed E-state index contributed by atoms with van der Waals surface area (Å²) in [7, 11) is 0. The topological polar surface area (TPSA) is 83.6 Å². The fourth-order valence-electron chi connectivity index (χ4n) is 2.75. The van der Waals surface area contributed by atoms with E-state index in [4.69, 9.17) is 27.6 Å². The summed E-state index contributed by atoms with van der Waals surface area (Å²) in [5.74, 6) is -0.878. The highest BCUT2D eigenvalue weighted by Gasteiger charge is 2.36. The van der Waals surface area contributed by atoms with Gasteiger partial charge in [0.2, 0.25) is 5.89 Å². The average Bonchev–Trinajstić information content (AvgIpc) is 3.16. The lowest BCUT2D eigenvalue weighted by Crippen LogP contribution is -2.40. The molecule has 6 nitrogen and oxygen atoms in total. The van der Waals surface area contributed by atoms with Gasteiger partial charge in [-0.15, -0.1) is 0 Å². The smallest absolute Gasteiger partial charge is 0.326 e. The molecule has 24 heavy (non-hydrogen) atoms. The van der Waals surface area contributed by atoms with Crippen LogP contribution in [0.2, 0.25) is 10.0 Å². The zero-order valence-electron chi connectivity index (χ0n) is 12.8. The number of halogens is 2. The molecule has 126 valence electrons. The Morgan fingerprint density at radius 2 is 2.08 bits per heavy atom. The van der Waals surface area contributed by atoms with Crippen molar-refractivity contribution in [1.82, 2.24) is 9.88 Å². The van der Waals surface area contributed by atoms with Gasteiger partial charge >= 0.3 is 5.97 Å². The molecule has 0 saturated carbocycles. The van der Waals surface area contributed by atoms with Crippen LogP contribution in [0.4, 0.5) is 0 Å². The predicted molar refractivity (Wildman–Crippen MR) is 88.4 cm³/mol. The number of aromatic nitrogens is 1. The fourth-order valence-corrected chi connectivity index (χ4v) is 3.05. The normalized spacial score (nSPS) is 17.3. The highest BCUT2D eigenvalue weighted by Crippen LogP contribution is 2.30. The zero-order valence-corrected chi connectivity index (χ0v) is 14.3. The van der Waals surface area contributed by atoms with Crippen LogP contribution >= 0.6 is 23.2 Å². The third-order valence-corrected chi connectivity index (χ3v) is 4.70. The molecule has 3 rings (SSSR count). The summed E-state index contributed by atoms with van der Waals surface area (Å²) in [4.78, 5) is 29.5. The number of carbonyl (C=O) groups excluding carboxylic acids is 1. The molecule has 0 spiro atoms. The minimum absolute atomic E-state index is 0.115. The summed E-state index contributed by atoms with van der Waals surface area (Å²) in [5, 5.41) is 9.98. The summed E-state index contributed by atoms with van der Waals surface area (Å²) in [6.07, 6.45) is 1.09. The highest BCUT2D eigenvalue weighted by molar-refractivity contribution is 6.42. The van der Waals surface area contributed by atoms with Gasteiger partial charge in [0.25, 0.3) is 5.91 Å². The molecule has 2 aromatic rings. The SMILES string of the molecule is Cc1oc(-c2ccc(Cl)c(Cl)c2)nc1C(=O)N1CCC[C@H]1C(=O)O. The number of aryl methyl sites for hydroxylation is 1. The molecule has 0 bridgehead atoms. The van der Waals surface area contributed by atoms with Crippen molar-refractivity contribution in [2.75, 3.05) is 6.54 Å². The lowest BCUT2D eigenvalue weighted by molar-refractivity contribution is -0.141. The number of rotatable bonds is 3. The molecular formula is C16H14Cl2N2O4. The third kappa shape index (κ3) is 2.99. The molecule has 1 aliphatic heterocycles. The number of carbonyl (C=O) groups is 2. The minimum atomic E-state index is -1.01. The van der Waals surface area contributed by atoms with Crippen molar-refractivity contribution in [2.45, 2.75) is 25.8 Å². The number of hydrogen-bond acceptors (Lipinski definition) is 4. The molecule has 1 N–H and O–H groups in total. The first-order chi connectivity index (χ1) is 11.4. The van der Waals surface area contributed by atoms with Crippen molar-refractivity contribution < 1.29 is 19.1 Å². The Hall–Kier alpha value is -2.05. The number of carboxylic acids is 1. The molecule has 0 unspecified atom stereocenters. The Kier molecular flexibility index (Phi) is 4.51. The first-order valence-electron chi connectivity index (χ1n) is 7.35. The van der Waals surface area contributed by atoms with Crippen LogP contribution in [-0.4, -0.2) is 39.5 Å². The summed E-state index contributed by atoms with van der Waals surface area (Å²) in [6, 6.07) is 4.08. The Morgan fingerprint density at radius 1 is 1.33 bits per heavy atom. The largest absolute Gasteiger partial charge is 0.480 e. The summed E-state index contributed by atoms with van der Waals surface area (Å²) < 4.78 is 5.56. The fraction of sp³-hybridized carbons (Fsp3) is 0.312. The molecule has 1 aromatic carbocycles. The van der Waals surface area contributed by atoms with Gasteiger partial charge in [0, 0.05) is 12.1 Å². The van der Waals surface area contributed by atoms with Crippen molar-refractivity contribution in [3.05, 3.63) is 39.7 Å². The summed E-state index contributed by atoms with van der Waals surface area (Å²) in [6.45, 7) is 2.01. The van der Waals surface area contributed by atoms with Gasteiger partial charge < -0.3 is 14.4 Å². The Morgan fingerprint density at radius 3 is 2.75 bits per heavy atom. The molecule has 1 atom stereocenters. The van der Waals surface area contributed by atoms with E-state index in [1.165, 1.54) is 4.90 Å². The van der Waals surface area contributed by atoms with E-state index in [0.717, 1.165) is 0 Å². The van der Waals surface area contributed by atoms with Crippen molar-refractivity contribution in [3.63, 3.8) is 0 Å². The van der Waals surface area contributed by atoms with Gasteiger partial charge in [0.1, 0.15) is 11.8 Å². The van der Waals surface area contributed by atoms with Crippen LogP contribution in [-0.2, 0) is 4.79 Å². The number of amides is 1. The van der Waals surface area contributed by atoms with Gasteiger partial charge in [-0.1, -0.05) is 23.2 Å². The van der Waals surface area contributed by atoms with Gasteiger partial charge in [-0.2, -0.15) is 0 Å². The Balaban J connectivity index is 1.92. The summed E-state index contributed by atoms with van der Waals surface area (Å²) >= 11 is 11.9. The van der Waals surface area contributed by atoms with Crippen molar-refractivity contribution in [2.24, 2.45) is 0 Å². The van der Waals surface area contributed by atoms with E-state index < -0.39 is 17.9 Å². The van der Waals surface area contributed by atoms with Gasteiger partial charge in [0.15, 0.2) is 5.69 Å². The molecule has 1 aromatic heterocycles. The second-order valence-electron chi connectivity index (χ2n) is 5.55. The van der Waals surface area contributed by atoms with E-state index in [9.17, 15) is 14.7 Å². The second-order valence-corrected chi connectivity index (χ2v) is 6.36. The quantitative estimate of drug-likeness (QED) is 0.893. The third-order valence-electron chi connectivity index (χ3n) is 3.96. The van der Waals surface area contributed by atoms with Crippen LogP contribution < -0.4 is 0 Å². The van der Waals surface area contributed by atoms with Gasteiger partial charge in [-0.05, 0) is 38.0 Å². The van der Waals surface area contributed by atoms with E-state index in [-0.39, 0.29) is 11.6 Å². The molecule has 0 aliphatic carbocycles. The van der Waals surface area contributed by atoms with Crippen LogP contribution in [0.15, 0.2) is 22.6 Å². The number of nitrogens with zero attached hydrogens (tertiary/aromatic N) is 2. The average molecular weight is 369 g/mol. The standard InChI is InChI=1S/C16H14Cl2N2O4/c1-8-13(15(21)20-6-2-3-12(20)16(22)23)19-14(24-8)9-4-5-10(17)11(18)7-9/h4-5,7,12H,2-3,6H2,1H3,(H,22,23)/t12-/m0/s1. The van der Waals surface area contributed by atoms with Gasteiger partial charge in [-0.25, -0.2) is 9.78 Å². The van der Waals surface area contributed by atoms with Crippen LogP contribution in [0, 0.1) is 6.92 Å². The van der Waals surface area contributed by atoms with E-state index in [1.807, 2.05) is 0 Å². The maximum absolute atomic E-state index is 12.6. The van der Waals surface area contributed by atoms with Crippen LogP contribution in [0.1, 0.15) is 29.1 Å². The van der Waals surface area contributed by atoms with Crippen LogP contribution in [0.25, 0.3) is 11.5 Å². The molecule has 0 radical (unpaired) electrons. The van der Waals surface area contributed by atoms with Gasteiger partial charge in [0.05, 0.1) is 10.0 Å². The lowest BCUT2D eigenvalue weighted by Gasteiger charge is -2.20. The van der Waals surface area contributed by atoms with Crippen molar-refractivity contribution in [3.8, 4) is 11.5 Å². The number of hydrogen-bond donors (Lipinski definition) is 1. The first-order valence-corrected chi connectivity index (χ1v) is 8.10. The number of benzene rings is 1. The molecule has 2 heterocycles. The predicted octanol–water partition coefficient (Wildman–Crippen LogP) is 3.65. The van der Waals surface area contributed by atoms with Gasteiger partial charge in [-0.3, -0.25) is 4.79 Å². The van der Waals surface area contributed by atoms with E-state index >= 15 is 0 Å². The maximum Gasteiger partial charge on any atom is 0.326 e. The lowest BCUT2D eigenvalue weighted by atomic mass is 10.2. The number of carboxylic acid groups (broad SMARTS) is 1. The zero-order chi connectivity index (χ0) is 17.4. The number of oxazole rings is 1. The first kappa shape index (κ1) is 16.8. The molecule has 1 saturated heterocycles. The second kappa shape index (κ2) is 6.45. The summed E-state index contributed by atoms with van der Waals surface area (Å²) in [5.41, 5.74) is 0.701. The minimum Gasteiger partial charge on any atom is -0.480 e. The molecular weight excluding hydrogens is 355 g/mol. The van der Waals surface area contributed by atoms with Crippen LogP contribution in [0.5, 0.6) is 0 Å². The molecule has 1 aliphatic rings. The molecule has 1 amide bonds. The highest BCUT2D eigenvalue weighted by atomic mass is 35.5.